The molecule has 72 valence electrons. The van der Waals surface area contributed by atoms with E-state index in [1.165, 1.54) is 0 Å². The lowest BCUT2D eigenvalue weighted by molar-refractivity contribution is -0.131. The Labute approximate surface area is 74.1 Å². The third-order valence-corrected chi connectivity index (χ3v) is 1.83. The van der Waals surface area contributed by atoms with Gasteiger partial charge in [-0.3, -0.25) is 4.79 Å². The van der Waals surface area contributed by atoms with Gasteiger partial charge < -0.3 is 16.0 Å². The van der Waals surface area contributed by atoms with Gasteiger partial charge >= 0.3 is 0 Å². The zero-order valence-electron chi connectivity index (χ0n) is 8.13. The third-order valence-electron chi connectivity index (χ3n) is 1.83. The number of carbonyl (C=O) groups is 1. The Kier molecular flexibility index (Phi) is 5.66. The number of likely N-dealkylation sites (N-methyl/N-ethyl adjacent to an activating group) is 2. The van der Waals surface area contributed by atoms with Gasteiger partial charge in [-0.05, 0) is 13.5 Å². The van der Waals surface area contributed by atoms with Gasteiger partial charge in [0, 0.05) is 20.1 Å². The van der Waals surface area contributed by atoms with Crippen LogP contribution in [0.15, 0.2) is 0 Å². The number of hydrogen-bond acceptors (Lipinski definition) is 3. The lowest BCUT2D eigenvalue weighted by atomic mass is 10.2. The normalized spacial score (nSPS) is 12.7. The van der Waals surface area contributed by atoms with Crippen LogP contribution >= 0.6 is 0 Å². The van der Waals surface area contributed by atoms with Crippen LogP contribution < -0.4 is 11.1 Å². The zero-order valence-corrected chi connectivity index (χ0v) is 8.13. The molecule has 0 fully saturated rings. The van der Waals surface area contributed by atoms with Gasteiger partial charge in [0.15, 0.2) is 0 Å². The first-order valence-electron chi connectivity index (χ1n) is 4.28. The Morgan fingerprint density at radius 1 is 1.67 bits per heavy atom. The molecule has 0 saturated carbocycles. The van der Waals surface area contributed by atoms with E-state index in [9.17, 15) is 4.79 Å². The minimum atomic E-state index is -0.341. The molecule has 4 nitrogen and oxygen atoms in total. The number of hydrogen-bond donors (Lipinski definition) is 2. The van der Waals surface area contributed by atoms with Crippen molar-refractivity contribution in [3.05, 3.63) is 0 Å². The summed E-state index contributed by atoms with van der Waals surface area (Å²) in [6.45, 7) is 3.43. The highest BCUT2D eigenvalue weighted by Crippen LogP contribution is 1.92. The lowest BCUT2D eigenvalue weighted by Crippen LogP contribution is -2.43. The zero-order chi connectivity index (χ0) is 9.56. The van der Waals surface area contributed by atoms with E-state index < -0.39 is 0 Å². The number of nitrogens with one attached hydrogen (secondary N) is 1. The predicted octanol–water partition coefficient (Wildman–Crippen LogP) is -0.598. The SMILES string of the molecule is CCC(N)C(=O)N(C)CCNC. The number of nitrogens with two attached hydrogens (primary N) is 1. The summed E-state index contributed by atoms with van der Waals surface area (Å²) in [6.07, 6.45) is 0.697. The maximum absolute atomic E-state index is 11.4. The van der Waals surface area contributed by atoms with Crippen LogP contribution in [0.3, 0.4) is 0 Å². The molecule has 0 aliphatic rings. The summed E-state index contributed by atoms with van der Waals surface area (Å²) in [5.41, 5.74) is 5.58. The van der Waals surface area contributed by atoms with E-state index >= 15 is 0 Å². The Hall–Kier alpha value is -0.610. The van der Waals surface area contributed by atoms with Crippen LogP contribution in [0.1, 0.15) is 13.3 Å². The molecule has 4 heteroatoms. The molecule has 0 rings (SSSR count). The predicted molar refractivity (Wildman–Crippen MR) is 49.8 cm³/mol. The molecule has 12 heavy (non-hydrogen) atoms. The summed E-state index contributed by atoms with van der Waals surface area (Å²) in [6, 6.07) is -0.341. The Morgan fingerprint density at radius 2 is 2.25 bits per heavy atom. The van der Waals surface area contributed by atoms with Gasteiger partial charge in [-0.15, -0.1) is 0 Å². The quantitative estimate of drug-likeness (QED) is 0.584. The topological polar surface area (TPSA) is 58.4 Å². The Bertz CT molecular complexity index is 138. The monoisotopic (exact) mass is 173 g/mol. The molecule has 1 amide bonds. The fourth-order valence-electron chi connectivity index (χ4n) is 0.847. The van der Waals surface area contributed by atoms with Crippen LogP contribution in [0.25, 0.3) is 0 Å². The first kappa shape index (κ1) is 11.4. The van der Waals surface area contributed by atoms with Crippen molar-refractivity contribution >= 4 is 5.91 Å². The Balaban J connectivity index is 3.75. The molecule has 0 aliphatic carbocycles. The minimum absolute atomic E-state index is 0.0211. The number of rotatable bonds is 5. The smallest absolute Gasteiger partial charge is 0.239 e. The molecular weight excluding hydrogens is 154 g/mol. The van der Waals surface area contributed by atoms with E-state index in [1.807, 2.05) is 14.0 Å². The van der Waals surface area contributed by atoms with Crippen LogP contribution in [0.4, 0.5) is 0 Å². The molecule has 0 saturated heterocycles. The molecule has 0 aromatic carbocycles. The van der Waals surface area contributed by atoms with Crippen molar-refractivity contribution in [2.24, 2.45) is 5.73 Å². The molecule has 0 bridgehead atoms. The van der Waals surface area contributed by atoms with Gasteiger partial charge in [-0.1, -0.05) is 6.92 Å². The van der Waals surface area contributed by atoms with Crippen molar-refractivity contribution in [3.8, 4) is 0 Å². The molecule has 0 spiro atoms. The molecule has 0 aromatic rings. The molecule has 0 radical (unpaired) electrons. The highest BCUT2D eigenvalue weighted by molar-refractivity contribution is 5.81. The third kappa shape index (κ3) is 3.69. The molecular formula is C8H19N3O. The van der Waals surface area contributed by atoms with E-state index in [1.54, 1.807) is 11.9 Å². The first-order valence-corrected chi connectivity index (χ1v) is 4.28. The molecule has 0 heterocycles. The standard InChI is InChI=1S/C8H19N3O/c1-4-7(9)8(12)11(3)6-5-10-2/h7,10H,4-6,9H2,1-3H3. The van der Waals surface area contributed by atoms with Crippen molar-refractivity contribution in [1.82, 2.24) is 10.2 Å². The summed E-state index contributed by atoms with van der Waals surface area (Å²) in [5.74, 6) is 0.0211. The minimum Gasteiger partial charge on any atom is -0.343 e. The van der Waals surface area contributed by atoms with Gasteiger partial charge in [-0.25, -0.2) is 0 Å². The molecule has 0 aliphatic heterocycles. The number of nitrogens with zero attached hydrogens (tertiary/aromatic N) is 1. The summed E-state index contributed by atoms with van der Waals surface area (Å²) in [4.78, 5) is 13.0. The van der Waals surface area contributed by atoms with Gasteiger partial charge in [0.05, 0.1) is 6.04 Å². The average Bonchev–Trinajstić information content (AvgIpc) is 2.11. The fourth-order valence-corrected chi connectivity index (χ4v) is 0.847. The van der Waals surface area contributed by atoms with Gasteiger partial charge in [0.2, 0.25) is 5.91 Å². The van der Waals surface area contributed by atoms with E-state index in [2.05, 4.69) is 5.32 Å². The maximum atomic E-state index is 11.4. The van der Waals surface area contributed by atoms with Crippen LogP contribution in [0.2, 0.25) is 0 Å². The molecule has 0 aromatic heterocycles. The fraction of sp³-hybridized carbons (Fsp3) is 0.875. The van der Waals surface area contributed by atoms with E-state index in [4.69, 9.17) is 5.73 Å². The highest BCUT2D eigenvalue weighted by atomic mass is 16.2. The molecule has 1 unspecified atom stereocenters. The van der Waals surface area contributed by atoms with Crippen molar-refractivity contribution in [1.29, 1.82) is 0 Å². The van der Waals surface area contributed by atoms with E-state index in [0.29, 0.717) is 13.0 Å². The van der Waals surface area contributed by atoms with E-state index in [-0.39, 0.29) is 11.9 Å². The second kappa shape index (κ2) is 5.97. The number of amides is 1. The second-order valence-corrected chi connectivity index (χ2v) is 2.88. The van der Waals surface area contributed by atoms with Crippen molar-refractivity contribution < 1.29 is 4.79 Å². The van der Waals surface area contributed by atoms with Crippen molar-refractivity contribution in [2.45, 2.75) is 19.4 Å². The second-order valence-electron chi connectivity index (χ2n) is 2.88. The Morgan fingerprint density at radius 3 is 2.67 bits per heavy atom. The largest absolute Gasteiger partial charge is 0.343 e. The molecule has 1 atom stereocenters. The summed E-state index contributed by atoms with van der Waals surface area (Å²) in [7, 11) is 3.63. The maximum Gasteiger partial charge on any atom is 0.239 e. The van der Waals surface area contributed by atoms with Crippen LogP contribution in [-0.2, 0) is 4.79 Å². The van der Waals surface area contributed by atoms with E-state index in [0.717, 1.165) is 6.54 Å². The lowest BCUT2D eigenvalue weighted by Gasteiger charge is -2.20. The van der Waals surface area contributed by atoms with Crippen LogP contribution in [0, 0.1) is 0 Å². The highest BCUT2D eigenvalue weighted by Gasteiger charge is 2.14. The van der Waals surface area contributed by atoms with Gasteiger partial charge in [0.25, 0.3) is 0 Å². The summed E-state index contributed by atoms with van der Waals surface area (Å²) < 4.78 is 0. The van der Waals surface area contributed by atoms with Crippen molar-refractivity contribution in [3.63, 3.8) is 0 Å². The average molecular weight is 173 g/mol. The van der Waals surface area contributed by atoms with Crippen LogP contribution in [0.5, 0.6) is 0 Å². The number of carbonyl (C=O) groups excluding carboxylic acids is 1. The van der Waals surface area contributed by atoms with Crippen molar-refractivity contribution in [2.75, 3.05) is 27.2 Å². The van der Waals surface area contributed by atoms with Crippen LogP contribution in [-0.4, -0.2) is 44.0 Å². The first-order chi connectivity index (χ1) is 5.63. The van der Waals surface area contributed by atoms with Gasteiger partial charge in [0.1, 0.15) is 0 Å². The van der Waals surface area contributed by atoms with Gasteiger partial charge in [-0.2, -0.15) is 0 Å². The summed E-state index contributed by atoms with van der Waals surface area (Å²) >= 11 is 0. The molecule has 3 N–H and O–H groups in total. The summed E-state index contributed by atoms with van der Waals surface area (Å²) in [5, 5.41) is 2.98.